The van der Waals surface area contributed by atoms with Crippen molar-refractivity contribution >= 4 is 52.6 Å². The zero-order chi connectivity index (χ0) is 22.5. The number of carbonyl (C=O) groups is 4. The summed E-state index contributed by atoms with van der Waals surface area (Å²) < 4.78 is 10.6. The third kappa shape index (κ3) is 3.62. The van der Waals surface area contributed by atoms with Crippen LogP contribution in [0.1, 0.15) is 25.3 Å². The number of benzene rings is 1. The summed E-state index contributed by atoms with van der Waals surface area (Å²) in [6.07, 6.45) is 2.84. The number of thioether (sulfide) groups is 2. The smallest absolute Gasteiger partial charge is 0.293 e. The molecule has 0 spiro atoms. The molecule has 168 valence electrons. The van der Waals surface area contributed by atoms with Gasteiger partial charge in [-0.1, -0.05) is 6.07 Å². The predicted molar refractivity (Wildman–Crippen MR) is 119 cm³/mol. The monoisotopic (exact) mass is 475 g/mol. The van der Waals surface area contributed by atoms with Gasteiger partial charge in [0.25, 0.3) is 11.1 Å². The van der Waals surface area contributed by atoms with Crippen LogP contribution in [0, 0.1) is 0 Å². The lowest BCUT2D eigenvalue weighted by molar-refractivity contribution is -0.137. The van der Waals surface area contributed by atoms with Crippen LogP contribution < -0.4 is 14.8 Å². The topological polar surface area (TPSA) is 105 Å². The van der Waals surface area contributed by atoms with Crippen LogP contribution in [0.5, 0.6) is 11.5 Å². The van der Waals surface area contributed by atoms with Gasteiger partial charge in [0.15, 0.2) is 11.5 Å². The number of imide groups is 1. The molecule has 4 aliphatic heterocycles. The molecule has 0 radical (unpaired) electrons. The minimum Gasteiger partial charge on any atom is -0.454 e. The van der Waals surface area contributed by atoms with Crippen LogP contribution in [0.2, 0.25) is 0 Å². The molecule has 2 unspecified atom stereocenters. The molecule has 32 heavy (non-hydrogen) atoms. The molecule has 0 saturated carbocycles. The Hall–Kier alpha value is -2.66. The average Bonchev–Trinajstić information content (AvgIpc) is 3.49. The molecule has 9 nitrogen and oxygen atoms in total. The van der Waals surface area contributed by atoms with Crippen LogP contribution in [0.4, 0.5) is 4.79 Å². The van der Waals surface area contributed by atoms with Gasteiger partial charge >= 0.3 is 0 Å². The predicted octanol–water partition coefficient (Wildman–Crippen LogP) is 2.02. The summed E-state index contributed by atoms with van der Waals surface area (Å²) in [4.78, 5) is 52.7. The first-order valence-electron chi connectivity index (χ1n) is 10.2. The fraction of sp³-hybridized carbons (Fsp3) is 0.429. The largest absolute Gasteiger partial charge is 0.454 e. The highest BCUT2D eigenvalue weighted by molar-refractivity contribution is 8.18. The van der Waals surface area contributed by atoms with E-state index in [2.05, 4.69) is 5.32 Å². The Morgan fingerprint density at radius 2 is 2.09 bits per heavy atom. The second kappa shape index (κ2) is 8.04. The number of fused-ring (bicyclic) bond motifs is 2. The fourth-order valence-electron chi connectivity index (χ4n) is 4.27. The number of carbonyl (C=O) groups excluding carboxylic acids is 4. The quantitative estimate of drug-likeness (QED) is 0.645. The molecule has 5 rings (SSSR count). The molecule has 0 aliphatic carbocycles. The lowest BCUT2D eigenvalue weighted by atomic mass is 10.2. The molecule has 0 aromatic heterocycles. The van der Waals surface area contributed by atoms with Gasteiger partial charge in [-0.2, -0.15) is 0 Å². The van der Waals surface area contributed by atoms with E-state index in [0.717, 1.165) is 28.6 Å². The Kier molecular flexibility index (Phi) is 5.32. The van der Waals surface area contributed by atoms with E-state index < -0.39 is 11.9 Å². The second-order valence-corrected chi connectivity index (χ2v) is 10.5. The van der Waals surface area contributed by atoms with Crippen molar-refractivity contribution in [3.05, 3.63) is 28.7 Å². The molecule has 1 N–H and O–H groups in total. The highest BCUT2D eigenvalue weighted by Crippen LogP contribution is 2.47. The zero-order valence-corrected chi connectivity index (χ0v) is 18.9. The number of nitrogens with zero attached hydrogens (tertiary/aromatic N) is 2. The van der Waals surface area contributed by atoms with E-state index in [4.69, 9.17) is 9.47 Å². The first-order chi connectivity index (χ1) is 15.4. The molecule has 1 aromatic carbocycles. The minimum absolute atomic E-state index is 0.00255. The van der Waals surface area contributed by atoms with Crippen LogP contribution in [-0.4, -0.2) is 69.3 Å². The lowest BCUT2D eigenvalue weighted by Crippen LogP contribution is -2.51. The number of amides is 4. The zero-order valence-electron chi connectivity index (χ0n) is 17.3. The van der Waals surface area contributed by atoms with Crippen LogP contribution in [0.25, 0.3) is 6.08 Å². The molecule has 3 saturated heterocycles. The van der Waals surface area contributed by atoms with E-state index in [0.29, 0.717) is 28.6 Å². The van der Waals surface area contributed by atoms with Crippen molar-refractivity contribution in [3.8, 4) is 11.5 Å². The molecule has 0 bridgehead atoms. The Morgan fingerprint density at radius 1 is 1.28 bits per heavy atom. The average molecular weight is 476 g/mol. The Balaban J connectivity index is 1.18. The Labute approximate surface area is 192 Å². The molecule has 4 amide bonds. The van der Waals surface area contributed by atoms with Gasteiger partial charge in [-0.05, 0) is 48.9 Å². The maximum Gasteiger partial charge on any atom is 0.293 e. The van der Waals surface area contributed by atoms with E-state index in [1.807, 2.05) is 6.92 Å². The van der Waals surface area contributed by atoms with Crippen molar-refractivity contribution in [2.75, 3.05) is 25.6 Å². The van der Waals surface area contributed by atoms with Crippen molar-refractivity contribution in [1.29, 1.82) is 0 Å². The summed E-state index contributed by atoms with van der Waals surface area (Å²) in [5, 5.41) is 2.40. The van der Waals surface area contributed by atoms with Crippen molar-refractivity contribution in [2.45, 2.75) is 30.7 Å². The third-order valence-electron chi connectivity index (χ3n) is 5.95. The van der Waals surface area contributed by atoms with Crippen molar-refractivity contribution in [2.24, 2.45) is 0 Å². The molecular formula is C21H21N3O6S2. The Morgan fingerprint density at radius 3 is 2.94 bits per heavy atom. The van der Waals surface area contributed by atoms with Gasteiger partial charge in [0, 0.05) is 25.3 Å². The molecule has 2 atom stereocenters. The fourth-order valence-corrected chi connectivity index (χ4v) is 6.57. The van der Waals surface area contributed by atoms with Crippen LogP contribution >= 0.6 is 23.5 Å². The summed E-state index contributed by atoms with van der Waals surface area (Å²) >= 11 is 2.49. The highest BCUT2D eigenvalue weighted by atomic mass is 32.2. The van der Waals surface area contributed by atoms with E-state index >= 15 is 0 Å². The SMILES string of the molecule is CC12CCC(=O)N1C(C(=O)NCCN1C(=O)SC(=Cc3ccc4c(c3)OCO4)C1=O)CS2. The molecular weight excluding hydrogens is 454 g/mol. The van der Waals surface area contributed by atoms with Crippen molar-refractivity contribution in [3.63, 3.8) is 0 Å². The standard InChI is InChI=1S/C21H21N3O6S2/c1-21-5-4-17(25)24(21)13(10-31-21)18(26)22-6-7-23-19(27)16(32-20(23)28)9-12-2-3-14-15(8-12)30-11-29-14/h2-3,8-9,13H,4-7,10-11H2,1H3,(H,22,26). The summed E-state index contributed by atoms with van der Waals surface area (Å²) in [5.41, 5.74) is 0.727. The van der Waals surface area contributed by atoms with Gasteiger partial charge in [0.2, 0.25) is 18.6 Å². The summed E-state index contributed by atoms with van der Waals surface area (Å²) in [6, 6.07) is 4.78. The molecule has 4 heterocycles. The van der Waals surface area contributed by atoms with Crippen molar-refractivity contribution < 1.29 is 28.7 Å². The van der Waals surface area contributed by atoms with Crippen LogP contribution in [-0.2, 0) is 14.4 Å². The van der Waals surface area contributed by atoms with Gasteiger partial charge in [0.1, 0.15) is 6.04 Å². The highest BCUT2D eigenvalue weighted by Gasteiger charge is 2.52. The number of hydrogen-bond donors (Lipinski definition) is 1. The number of ether oxygens (including phenoxy) is 2. The van der Waals surface area contributed by atoms with E-state index in [1.165, 1.54) is 0 Å². The minimum atomic E-state index is -0.513. The number of hydrogen-bond acceptors (Lipinski definition) is 8. The molecule has 1 aromatic rings. The summed E-state index contributed by atoms with van der Waals surface area (Å²) in [7, 11) is 0. The Bertz CT molecular complexity index is 1060. The van der Waals surface area contributed by atoms with E-state index in [-0.39, 0.29) is 41.8 Å². The van der Waals surface area contributed by atoms with Crippen molar-refractivity contribution in [1.82, 2.24) is 15.1 Å². The van der Waals surface area contributed by atoms with E-state index in [1.54, 1.807) is 40.9 Å². The number of rotatable bonds is 5. The van der Waals surface area contributed by atoms with Crippen LogP contribution in [0.3, 0.4) is 0 Å². The van der Waals surface area contributed by atoms with Gasteiger partial charge in [0.05, 0.1) is 9.78 Å². The molecule has 3 fully saturated rings. The maximum absolute atomic E-state index is 12.7. The maximum atomic E-state index is 12.7. The first kappa shape index (κ1) is 21.2. The van der Waals surface area contributed by atoms with Gasteiger partial charge < -0.3 is 19.7 Å². The molecule has 11 heteroatoms. The summed E-state index contributed by atoms with van der Waals surface area (Å²) in [5.74, 6) is 1.14. The normalized spacial score (nSPS) is 27.6. The summed E-state index contributed by atoms with van der Waals surface area (Å²) in [6.45, 7) is 2.35. The molecule has 4 aliphatic rings. The first-order valence-corrected chi connectivity index (χ1v) is 12.0. The third-order valence-corrected chi connectivity index (χ3v) is 8.36. The lowest BCUT2D eigenvalue weighted by Gasteiger charge is -2.29. The van der Waals surface area contributed by atoms with Gasteiger partial charge in [-0.25, -0.2) is 0 Å². The van der Waals surface area contributed by atoms with E-state index in [9.17, 15) is 19.2 Å². The second-order valence-electron chi connectivity index (χ2n) is 8.00. The van der Waals surface area contributed by atoms with Gasteiger partial charge in [-0.15, -0.1) is 11.8 Å². The van der Waals surface area contributed by atoms with Crippen LogP contribution in [0.15, 0.2) is 23.1 Å². The number of nitrogens with one attached hydrogen (secondary N) is 1. The van der Waals surface area contributed by atoms with Gasteiger partial charge in [-0.3, -0.25) is 24.1 Å².